The summed E-state index contributed by atoms with van der Waals surface area (Å²) in [5, 5.41) is 1.95. The Balaban J connectivity index is 2.06. The molecule has 1 aliphatic rings. The van der Waals surface area contributed by atoms with Gasteiger partial charge in [0.05, 0.1) is 11.7 Å². The third-order valence-electron chi connectivity index (χ3n) is 3.23. The number of amides is 1. The molecule has 5 nitrogen and oxygen atoms in total. The quantitative estimate of drug-likeness (QED) is 0.911. The molecule has 2 heterocycles. The first kappa shape index (κ1) is 16.8. The van der Waals surface area contributed by atoms with Crippen molar-refractivity contribution in [2.75, 3.05) is 13.2 Å². The zero-order chi connectivity index (χ0) is 16.3. The first-order valence-electron chi connectivity index (χ1n) is 6.63. The van der Waals surface area contributed by atoms with Crippen molar-refractivity contribution in [1.29, 1.82) is 0 Å². The van der Waals surface area contributed by atoms with Crippen molar-refractivity contribution >= 4 is 17.5 Å². The van der Waals surface area contributed by atoms with Crippen LogP contribution in [0.2, 0.25) is 5.02 Å². The normalized spacial score (nSPS) is 18.5. The van der Waals surface area contributed by atoms with Crippen LogP contribution in [-0.2, 0) is 22.3 Å². The van der Waals surface area contributed by atoms with E-state index in [2.05, 4.69) is 5.32 Å². The molecule has 0 saturated carbocycles. The first-order chi connectivity index (χ1) is 10.3. The minimum Gasteiger partial charge on any atom is -0.376 e. The fraction of sp³-hybridized carbons (Fsp3) is 0.538. The van der Waals surface area contributed by atoms with Gasteiger partial charge in [-0.3, -0.25) is 9.59 Å². The molecule has 9 heteroatoms. The number of aromatic nitrogens is 1. The van der Waals surface area contributed by atoms with Crippen LogP contribution in [-0.4, -0.2) is 29.7 Å². The van der Waals surface area contributed by atoms with Crippen molar-refractivity contribution in [3.63, 3.8) is 0 Å². The van der Waals surface area contributed by atoms with Crippen molar-refractivity contribution < 1.29 is 22.7 Å². The molecule has 0 aromatic carbocycles. The second-order valence-electron chi connectivity index (χ2n) is 4.95. The Hall–Kier alpha value is -1.54. The van der Waals surface area contributed by atoms with Crippen LogP contribution in [0.5, 0.6) is 0 Å². The fourth-order valence-corrected chi connectivity index (χ4v) is 2.34. The van der Waals surface area contributed by atoms with E-state index in [0.717, 1.165) is 12.8 Å². The highest BCUT2D eigenvalue weighted by molar-refractivity contribution is 6.30. The van der Waals surface area contributed by atoms with E-state index in [-0.39, 0.29) is 12.6 Å². The predicted octanol–water partition coefficient (Wildman–Crippen LogP) is 1.82. The first-order valence-corrected chi connectivity index (χ1v) is 7.00. The van der Waals surface area contributed by atoms with Gasteiger partial charge in [0.15, 0.2) is 0 Å². The van der Waals surface area contributed by atoms with Crippen LogP contribution < -0.4 is 10.9 Å². The molecule has 2 rings (SSSR count). The molecular weight excluding hydrogens is 325 g/mol. The summed E-state index contributed by atoms with van der Waals surface area (Å²) in [6.07, 6.45) is -2.43. The lowest BCUT2D eigenvalue weighted by Crippen LogP contribution is -2.36. The largest absolute Gasteiger partial charge is 0.417 e. The summed E-state index contributed by atoms with van der Waals surface area (Å²) in [5.74, 6) is -0.576. The Morgan fingerprint density at radius 3 is 2.82 bits per heavy atom. The van der Waals surface area contributed by atoms with Crippen LogP contribution in [0, 0.1) is 0 Å². The molecule has 0 aliphatic carbocycles. The Kier molecular flexibility index (Phi) is 5.12. The van der Waals surface area contributed by atoms with E-state index in [1.807, 2.05) is 0 Å². The number of nitrogens with zero attached hydrogens (tertiary/aromatic N) is 1. The van der Waals surface area contributed by atoms with Gasteiger partial charge in [-0.05, 0) is 18.9 Å². The second kappa shape index (κ2) is 6.70. The molecule has 0 spiro atoms. The summed E-state index contributed by atoms with van der Waals surface area (Å²) < 4.78 is 44.0. The molecule has 1 N–H and O–H groups in total. The highest BCUT2D eigenvalue weighted by Crippen LogP contribution is 2.29. The number of rotatable bonds is 4. The smallest absolute Gasteiger partial charge is 0.376 e. The summed E-state index contributed by atoms with van der Waals surface area (Å²) in [6, 6.07) is 0.546. The fourth-order valence-electron chi connectivity index (χ4n) is 2.12. The van der Waals surface area contributed by atoms with Gasteiger partial charge in [-0.1, -0.05) is 11.6 Å². The maximum atomic E-state index is 12.7. The van der Waals surface area contributed by atoms with E-state index < -0.39 is 34.8 Å². The molecule has 1 amide bonds. The lowest BCUT2D eigenvalue weighted by Gasteiger charge is -2.13. The average molecular weight is 339 g/mol. The van der Waals surface area contributed by atoms with Crippen molar-refractivity contribution in [2.24, 2.45) is 0 Å². The van der Waals surface area contributed by atoms with Crippen LogP contribution in [0.1, 0.15) is 18.4 Å². The zero-order valence-electron chi connectivity index (χ0n) is 11.5. The van der Waals surface area contributed by atoms with Gasteiger partial charge in [-0.2, -0.15) is 13.2 Å². The van der Waals surface area contributed by atoms with Gasteiger partial charge in [0.2, 0.25) is 5.91 Å². The van der Waals surface area contributed by atoms with Crippen LogP contribution in [0.4, 0.5) is 13.2 Å². The molecule has 1 aromatic rings. The van der Waals surface area contributed by atoms with Crippen molar-refractivity contribution in [3.8, 4) is 0 Å². The summed E-state index contributed by atoms with van der Waals surface area (Å²) in [7, 11) is 0. The van der Waals surface area contributed by atoms with Crippen molar-refractivity contribution in [2.45, 2.75) is 31.7 Å². The number of nitrogens with one attached hydrogen (secondary N) is 1. The van der Waals surface area contributed by atoms with Crippen LogP contribution in [0.3, 0.4) is 0 Å². The SMILES string of the molecule is O=C(Cn1cc(C(F)(F)F)cc(Cl)c1=O)NCC1CCCO1. The van der Waals surface area contributed by atoms with Crippen molar-refractivity contribution in [3.05, 3.63) is 33.2 Å². The molecule has 1 aliphatic heterocycles. The molecule has 0 bridgehead atoms. The predicted molar refractivity (Wildman–Crippen MR) is 72.7 cm³/mol. The minimum absolute atomic E-state index is 0.0919. The molecule has 0 radical (unpaired) electrons. The standard InChI is InChI=1S/C13H14ClF3N2O3/c14-10-4-8(13(15,16)17)6-19(12(10)21)7-11(20)18-5-9-2-1-3-22-9/h4,6,9H,1-3,5,7H2,(H,18,20). The van der Waals surface area contributed by atoms with Gasteiger partial charge in [0.25, 0.3) is 5.56 Å². The second-order valence-corrected chi connectivity index (χ2v) is 5.35. The summed E-state index contributed by atoms with van der Waals surface area (Å²) >= 11 is 5.50. The van der Waals surface area contributed by atoms with E-state index in [9.17, 15) is 22.8 Å². The number of halogens is 4. The average Bonchev–Trinajstić information content (AvgIpc) is 2.93. The summed E-state index contributed by atoms with van der Waals surface area (Å²) in [4.78, 5) is 23.4. The molecular formula is C13H14ClF3N2O3. The summed E-state index contributed by atoms with van der Waals surface area (Å²) in [6.45, 7) is 0.360. The van der Waals surface area contributed by atoms with E-state index in [1.54, 1.807) is 0 Å². The molecule has 22 heavy (non-hydrogen) atoms. The number of carbonyl (C=O) groups excluding carboxylic acids is 1. The summed E-state index contributed by atoms with van der Waals surface area (Å²) in [5.41, 5.74) is -1.93. The number of carbonyl (C=O) groups is 1. The van der Waals surface area contributed by atoms with Crippen LogP contribution >= 0.6 is 11.6 Å². The number of hydrogen-bond acceptors (Lipinski definition) is 3. The Labute approximate surface area is 129 Å². The Bertz CT molecular complexity index is 610. The lowest BCUT2D eigenvalue weighted by molar-refractivity contribution is -0.138. The highest BCUT2D eigenvalue weighted by atomic mass is 35.5. The number of hydrogen-bond donors (Lipinski definition) is 1. The van der Waals surface area contributed by atoms with Gasteiger partial charge in [0.1, 0.15) is 11.6 Å². The molecule has 1 atom stereocenters. The molecule has 1 saturated heterocycles. The Morgan fingerprint density at radius 2 is 2.23 bits per heavy atom. The molecule has 1 unspecified atom stereocenters. The highest BCUT2D eigenvalue weighted by Gasteiger charge is 2.32. The van der Waals surface area contributed by atoms with Crippen molar-refractivity contribution in [1.82, 2.24) is 9.88 Å². The Morgan fingerprint density at radius 1 is 1.50 bits per heavy atom. The van der Waals surface area contributed by atoms with E-state index in [4.69, 9.17) is 16.3 Å². The van der Waals surface area contributed by atoms with Crippen LogP contribution in [0.25, 0.3) is 0 Å². The third kappa shape index (κ3) is 4.23. The topological polar surface area (TPSA) is 60.3 Å². The zero-order valence-corrected chi connectivity index (χ0v) is 12.2. The maximum absolute atomic E-state index is 12.7. The minimum atomic E-state index is -4.65. The van der Waals surface area contributed by atoms with Crippen LogP contribution in [0.15, 0.2) is 17.1 Å². The molecule has 122 valence electrons. The monoisotopic (exact) mass is 338 g/mol. The van der Waals surface area contributed by atoms with E-state index >= 15 is 0 Å². The van der Waals surface area contributed by atoms with Gasteiger partial charge in [-0.15, -0.1) is 0 Å². The number of pyridine rings is 1. The third-order valence-corrected chi connectivity index (χ3v) is 3.51. The van der Waals surface area contributed by atoms with Gasteiger partial charge < -0.3 is 14.6 Å². The number of alkyl halides is 3. The van der Waals surface area contributed by atoms with Gasteiger partial charge in [0, 0.05) is 19.3 Å². The lowest BCUT2D eigenvalue weighted by atomic mass is 10.2. The molecule has 1 fully saturated rings. The van der Waals surface area contributed by atoms with E-state index in [1.165, 1.54) is 0 Å². The van der Waals surface area contributed by atoms with Gasteiger partial charge >= 0.3 is 6.18 Å². The maximum Gasteiger partial charge on any atom is 0.417 e. The molecule has 1 aromatic heterocycles. The van der Waals surface area contributed by atoms with Gasteiger partial charge in [-0.25, -0.2) is 0 Å². The number of ether oxygens (including phenoxy) is 1. The van der Waals surface area contributed by atoms with E-state index in [0.29, 0.717) is 23.4 Å².